The first-order chi connectivity index (χ1) is 16.9. The van der Waals surface area contributed by atoms with Crippen molar-refractivity contribution in [3.8, 4) is 11.4 Å². The minimum absolute atomic E-state index is 0.0817. The van der Waals surface area contributed by atoms with Crippen LogP contribution < -0.4 is 21.3 Å². The van der Waals surface area contributed by atoms with E-state index in [1.165, 1.54) is 7.11 Å². The second-order valence-corrected chi connectivity index (χ2v) is 8.16. The van der Waals surface area contributed by atoms with Crippen molar-refractivity contribution in [1.82, 2.24) is 24.6 Å². The molecule has 2 aromatic heterocycles. The number of carbonyl (C=O) groups excluding carboxylic acids is 1. The SMILES string of the molecule is COc1cccc(Cn2c(=O)c(C(=O)NCc3ccncc3)nn(-c3ccc(C)c(Cl)c3)c2=O)c1. The van der Waals surface area contributed by atoms with Gasteiger partial charge in [-0.1, -0.05) is 29.8 Å². The fourth-order valence-corrected chi connectivity index (χ4v) is 3.57. The van der Waals surface area contributed by atoms with E-state index in [0.717, 1.165) is 20.4 Å². The predicted octanol–water partition coefficient (Wildman–Crippen LogP) is 2.74. The van der Waals surface area contributed by atoms with Crippen molar-refractivity contribution in [2.45, 2.75) is 20.0 Å². The Balaban J connectivity index is 1.80. The minimum atomic E-state index is -0.806. The van der Waals surface area contributed by atoms with E-state index in [1.807, 2.05) is 6.92 Å². The lowest BCUT2D eigenvalue weighted by molar-refractivity contribution is 0.0941. The molecule has 178 valence electrons. The van der Waals surface area contributed by atoms with E-state index in [4.69, 9.17) is 16.3 Å². The van der Waals surface area contributed by atoms with Gasteiger partial charge in [-0.2, -0.15) is 9.78 Å². The summed E-state index contributed by atoms with van der Waals surface area (Å²) in [5.41, 5.74) is 0.646. The Labute approximate surface area is 205 Å². The number of aryl methyl sites for hydroxylation is 1. The molecule has 0 fully saturated rings. The third-order valence-electron chi connectivity index (χ3n) is 5.35. The van der Waals surface area contributed by atoms with Gasteiger partial charge in [-0.25, -0.2) is 4.79 Å². The van der Waals surface area contributed by atoms with Gasteiger partial charge < -0.3 is 10.1 Å². The first-order valence-corrected chi connectivity index (χ1v) is 11.1. The second-order valence-electron chi connectivity index (χ2n) is 7.76. The van der Waals surface area contributed by atoms with Crippen molar-refractivity contribution < 1.29 is 9.53 Å². The summed E-state index contributed by atoms with van der Waals surface area (Å²) in [5.74, 6) is -0.135. The van der Waals surface area contributed by atoms with Crippen LogP contribution >= 0.6 is 11.6 Å². The molecule has 0 atom stereocenters. The number of aromatic nitrogens is 4. The molecule has 0 radical (unpaired) electrons. The summed E-state index contributed by atoms with van der Waals surface area (Å²) in [6.07, 6.45) is 3.20. The van der Waals surface area contributed by atoms with E-state index in [9.17, 15) is 14.4 Å². The van der Waals surface area contributed by atoms with Crippen LogP contribution in [-0.4, -0.2) is 32.3 Å². The molecule has 9 nitrogen and oxygen atoms in total. The van der Waals surface area contributed by atoms with Crippen LogP contribution in [0.5, 0.6) is 5.75 Å². The van der Waals surface area contributed by atoms with Gasteiger partial charge in [-0.3, -0.25) is 19.1 Å². The second kappa shape index (κ2) is 10.4. The summed E-state index contributed by atoms with van der Waals surface area (Å²) in [6.45, 7) is 1.90. The molecule has 0 spiro atoms. The normalized spacial score (nSPS) is 10.7. The van der Waals surface area contributed by atoms with Crippen molar-refractivity contribution in [3.05, 3.63) is 115 Å². The Morgan fingerprint density at radius 1 is 1.06 bits per heavy atom. The van der Waals surface area contributed by atoms with Gasteiger partial charge in [0.05, 0.1) is 19.3 Å². The molecule has 1 N–H and O–H groups in total. The lowest BCUT2D eigenvalue weighted by Crippen LogP contribution is -2.46. The predicted molar refractivity (Wildman–Crippen MR) is 131 cm³/mol. The Hall–Kier alpha value is -4.24. The molecule has 10 heteroatoms. The highest BCUT2D eigenvalue weighted by Crippen LogP contribution is 2.18. The number of rotatable bonds is 7. The lowest BCUT2D eigenvalue weighted by atomic mass is 10.2. The molecule has 2 heterocycles. The maximum atomic E-state index is 13.3. The molecule has 1 amide bonds. The van der Waals surface area contributed by atoms with E-state index in [-0.39, 0.29) is 13.1 Å². The average Bonchev–Trinajstić information content (AvgIpc) is 2.87. The number of pyridine rings is 1. The van der Waals surface area contributed by atoms with Gasteiger partial charge in [0.15, 0.2) is 0 Å². The lowest BCUT2D eigenvalue weighted by Gasteiger charge is -2.13. The van der Waals surface area contributed by atoms with Crippen LogP contribution in [0.25, 0.3) is 5.69 Å². The third-order valence-corrected chi connectivity index (χ3v) is 5.76. The number of carbonyl (C=O) groups is 1. The van der Waals surface area contributed by atoms with Crippen LogP contribution in [0.4, 0.5) is 0 Å². The van der Waals surface area contributed by atoms with Crippen LogP contribution in [0, 0.1) is 6.92 Å². The van der Waals surface area contributed by atoms with Crippen LogP contribution in [0.15, 0.2) is 76.6 Å². The number of hydrogen-bond acceptors (Lipinski definition) is 6. The molecular formula is C25H22ClN5O4. The van der Waals surface area contributed by atoms with Crippen molar-refractivity contribution in [2.24, 2.45) is 0 Å². The number of nitrogens with zero attached hydrogens (tertiary/aromatic N) is 4. The minimum Gasteiger partial charge on any atom is -0.497 e. The average molecular weight is 492 g/mol. The number of ether oxygens (including phenoxy) is 1. The summed E-state index contributed by atoms with van der Waals surface area (Å²) in [6, 6.07) is 15.4. The van der Waals surface area contributed by atoms with Gasteiger partial charge in [0.2, 0.25) is 5.69 Å². The molecule has 0 aliphatic carbocycles. The zero-order chi connectivity index (χ0) is 24.9. The van der Waals surface area contributed by atoms with E-state index in [0.29, 0.717) is 22.0 Å². The molecule has 4 aromatic rings. The van der Waals surface area contributed by atoms with Crippen molar-refractivity contribution in [1.29, 1.82) is 0 Å². The standard InChI is InChI=1S/C25H22ClN5O4/c1-16-6-7-19(13-21(16)26)31-25(34)30(15-18-4-3-5-20(12-18)35-2)24(33)22(29-31)23(32)28-14-17-8-10-27-11-9-17/h3-13H,14-15H2,1-2H3,(H,28,32). The Kier molecular flexibility index (Phi) is 7.07. The molecule has 0 unspecified atom stereocenters. The van der Waals surface area contributed by atoms with Gasteiger partial charge in [-0.15, -0.1) is 0 Å². The first kappa shape index (κ1) is 23.9. The Morgan fingerprint density at radius 2 is 1.83 bits per heavy atom. The molecule has 0 saturated carbocycles. The molecule has 35 heavy (non-hydrogen) atoms. The maximum Gasteiger partial charge on any atom is 0.352 e. The van der Waals surface area contributed by atoms with Crippen LogP contribution in [0.2, 0.25) is 5.02 Å². The molecule has 0 aliphatic heterocycles. The van der Waals surface area contributed by atoms with Crippen LogP contribution in [0.1, 0.15) is 27.2 Å². The number of halogens is 1. The van der Waals surface area contributed by atoms with Gasteiger partial charge in [-0.05, 0) is 60.0 Å². The van der Waals surface area contributed by atoms with Gasteiger partial charge in [0.1, 0.15) is 5.75 Å². The van der Waals surface area contributed by atoms with E-state index < -0.39 is 22.9 Å². The smallest absolute Gasteiger partial charge is 0.352 e. The zero-order valence-corrected chi connectivity index (χ0v) is 19.8. The number of benzene rings is 2. The van der Waals surface area contributed by atoms with Crippen molar-refractivity contribution >= 4 is 17.5 Å². The molecule has 2 aromatic carbocycles. The highest BCUT2D eigenvalue weighted by molar-refractivity contribution is 6.31. The molecule has 0 saturated heterocycles. The molecule has 0 bridgehead atoms. The molecule has 0 aliphatic rings. The molecule has 4 rings (SSSR count). The van der Waals surface area contributed by atoms with E-state index >= 15 is 0 Å². The third kappa shape index (κ3) is 5.30. The summed E-state index contributed by atoms with van der Waals surface area (Å²) < 4.78 is 7.22. The fourth-order valence-electron chi connectivity index (χ4n) is 3.40. The maximum absolute atomic E-state index is 13.3. The van der Waals surface area contributed by atoms with Gasteiger partial charge >= 0.3 is 5.69 Å². The Morgan fingerprint density at radius 3 is 2.54 bits per heavy atom. The van der Waals surface area contributed by atoms with Crippen LogP contribution in [-0.2, 0) is 13.1 Å². The van der Waals surface area contributed by atoms with Crippen LogP contribution in [0.3, 0.4) is 0 Å². The highest BCUT2D eigenvalue weighted by Gasteiger charge is 2.21. The largest absolute Gasteiger partial charge is 0.497 e. The quantitative estimate of drug-likeness (QED) is 0.426. The van der Waals surface area contributed by atoms with E-state index in [1.54, 1.807) is 67.0 Å². The highest BCUT2D eigenvalue weighted by atomic mass is 35.5. The number of amides is 1. The zero-order valence-electron chi connectivity index (χ0n) is 19.1. The number of methoxy groups -OCH3 is 1. The number of hydrogen-bond donors (Lipinski definition) is 1. The fraction of sp³-hybridized carbons (Fsp3) is 0.160. The number of nitrogens with one attached hydrogen (secondary N) is 1. The first-order valence-electron chi connectivity index (χ1n) is 10.7. The topological polar surface area (TPSA) is 108 Å². The summed E-state index contributed by atoms with van der Waals surface area (Å²) in [5, 5.41) is 7.23. The van der Waals surface area contributed by atoms with E-state index in [2.05, 4.69) is 15.4 Å². The summed E-state index contributed by atoms with van der Waals surface area (Å²) in [4.78, 5) is 43.6. The van der Waals surface area contributed by atoms with Gasteiger partial charge in [0, 0.05) is 24.0 Å². The van der Waals surface area contributed by atoms with Crippen molar-refractivity contribution in [2.75, 3.05) is 7.11 Å². The summed E-state index contributed by atoms with van der Waals surface area (Å²) >= 11 is 6.26. The Bertz CT molecular complexity index is 1500. The molecular weight excluding hydrogens is 470 g/mol. The summed E-state index contributed by atoms with van der Waals surface area (Å²) in [7, 11) is 1.52. The monoisotopic (exact) mass is 491 g/mol. The van der Waals surface area contributed by atoms with Crippen molar-refractivity contribution in [3.63, 3.8) is 0 Å². The van der Waals surface area contributed by atoms with Gasteiger partial charge in [0.25, 0.3) is 11.5 Å².